The van der Waals surface area contributed by atoms with E-state index in [0.717, 1.165) is 10.5 Å². The summed E-state index contributed by atoms with van der Waals surface area (Å²) in [5.41, 5.74) is 3.03. The summed E-state index contributed by atoms with van der Waals surface area (Å²) in [6, 6.07) is 20.2. The summed E-state index contributed by atoms with van der Waals surface area (Å²) >= 11 is 1.42. The van der Waals surface area contributed by atoms with Gasteiger partial charge in [-0.05, 0) is 55.5 Å². The third-order valence-corrected chi connectivity index (χ3v) is 5.60. The van der Waals surface area contributed by atoms with E-state index < -0.39 is 0 Å². The Labute approximate surface area is 185 Å². The molecular formula is C24H22N2O4S. The van der Waals surface area contributed by atoms with E-state index in [4.69, 9.17) is 9.47 Å². The molecule has 3 aromatic carbocycles. The van der Waals surface area contributed by atoms with Gasteiger partial charge in [0.2, 0.25) is 5.91 Å². The van der Waals surface area contributed by atoms with E-state index in [9.17, 15) is 9.59 Å². The number of hydrogen-bond acceptors (Lipinski definition) is 5. The van der Waals surface area contributed by atoms with Crippen molar-refractivity contribution in [2.24, 2.45) is 0 Å². The second-order valence-corrected chi connectivity index (χ2v) is 8.09. The third kappa shape index (κ3) is 5.58. The summed E-state index contributed by atoms with van der Waals surface area (Å²) < 4.78 is 11.0. The van der Waals surface area contributed by atoms with Gasteiger partial charge in [0.15, 0.2) is 11.5 Å². The number of benzene rings is 3. The molecule has 0 radical (unpaired) electrons. The molecule has 0 fully saturated rings. The van der Waals surface area contributed by atoms with Crippen LogP contribution in [0.15, 0.2) is 71.6 Å². The van der Waals surface area contributed by atoms with Crippen molar-refractivity contribution in [2.45, 2.75) is 11.8 Å². The largest absolute Gasteiger partial charge is 0.486 e. The molecule has 4 rings (SSSR count). The lowest BCUT2D eigenvalue weighted by Crippen LogP contribution is -2.17. The van der Waals surface area contributed by atoms with Crippen molar-refractivity contribution in [3.63, 3.8) is 0 Å². The molecule has 0 bridgehead atoms. The van der Waals surface area contributed by atoms with E-state index >= 15 is 0 Å². The fraction of sp³-hybridized carbons (Fsp3) is 0.167. The van der Waals surface area contributed by atoms with Gasteiger partial charge in [-0.1, -0.05) is 17.7 Å². The van der Waals surface area contributed by atoms with Gasteiger partial charge in [0.25, 0.3) is 5.91 Å². The van der Waals surface area contributed by atoms with Crippen LogP contribution in [0.5, 0.6) is 11.5 Å². The number of carbonyl (C=O) groups is 2. The average Bonchev–Trinajstić information content (AvgIpc) is 2.78. The number of carbonyl (C=O) groups excluding carboxylic acids is 2. The quantitative estimate of drug-likeness (QED) is 0.548. The van der Waals surface area contributed by atoms with E-state index in [1.165, 1.54) is 11.8 Å². The molecule has 0 saturated carbocycles. The minimum Gasteiger partial charge on any atom is -0.486 e. The highest BCUT2D eigenvalue weighted by Crippen LogP contribution is 2.32. The van der Waals surface area contributed by atoms with Gasteiger partial charge < -0.3 is 20.1 Å². The molecule has 158 valence electrons. The van der Waals surface area contributed by atoms with E-state index in [0.29, 0.717) is 41.7 Å². The minimum absolute atomic E-state index is 0.112. The van der Waals surface area contributed by atoms with Crippen molar-refractivity contribution >= 4 is 35.0 Å². The van der Waals surface area contributed by atoms with Gasteiger partial charge in [0.1, 0.15) is 13.2 Å². The van der Waals surface area contributed by atoms with E-state index in [1.54, 1.807) is 24.3 Å². The highest BCUT2D eigenvalue weighted by atomic mass is 32.2. The van der Waals surface area contributed by atoms with E-state index in [-0.39, 0.29) is 17.6 Å². The second-order valence-electron chi connectivity index (χ2n) is 7.04. The smallest absolute Gasteiger partial charge is 0.255 e. The number of rotatable bonds is 6. The van der Waals surface area contributed by atoms with Crippen LogP contribution in [-0.2, 0) is 4.79 Å². The Morgan fingerprint density at radius 2 is 1.61 bits per heavy atom. The molecule has 2 N–H and O–H groups in total. The maximum atomic E-state index is 12.3. The second kappa shape index (κ2) is 9.57. The highest BCUT2D eigenvalue weighted by molar-refractivity contribution is 8.00. The van der Waals surface area contributed by atoms with Crippen LogP contribution in [0.4, 0.5) is 11.4 Å². The lowest BCUT2D eigenvalue weighted by atomic mass is 10.1. The lowest BCUT2D eigenvalue weighted by molar-refractivity contribution is -0.113. The molecule has 31 heavy (non-hydrogen) atoms. The molecule has 1 aliphatic heterocycles. The zero-order chi connectivity index (χ0) is 21.6. The van der Waals surface area contributed by atoms with Crippen LogP contribution in [0.3, 0.4) is 0 Å². The molecule has 0 spiro atoms. The van der Waals surface area contributed by atoms with Gasteiger partial charge in [-0.3, -0.25) is 9.59 Å². The predicted octanol–water partition coefficient (Wildman–Crippen LogP) is 4.75. The number of anilines is 2. The first-order valence-electron chi connectivity index (χ1n) is 9.87. The molecule has 1 aliphatic rings. The van der Waals surface area contributed by atoms with E-state index in [1.807, 2.05) is 49.4 Å². The van der Waals surface area contributed by atoms with Crippen molar-refractivity contribution in [3.05, 3.63) is 77.9 Å². The maximum Gasteiger partial charge on any atom is 0.255 e. The number of thioether (sulfide) groups is 1. The zero-order valence-electron chi connectivity index (χ0n) is 17.0. The standard InChI is InChI=1S/C24H22N2O4S/c1-16-3-2-4-17(13-16)24(28)26-18-5-8-20(9-6-18)31-15-23(27)25-19-7-10-21-22(14-19)30-12-11-29-21/h2-10,13-14H,11-12,15H2,1H3,(H,25,27)(H,26,28). The number of fused-ring (bicyclic) bond motifs is 1. The van der Waals surface area contributed by atoms with Gasteiger partial charge >= 0.3 is 0 Å². The minimum atomic E-state index is -0.150. The molecule has 0 atom stereocenters. The highest BCUT2D eigenvalue weighted by Gasteiger charge is 2.13. The normalized spacial score (nSPS) is 12.2. The van der Waals surface area contributed by atoms with Crippen molar-refractivity contribution in [2.75, 3.05) is 29.6 Å². The number of aryl methyl sites for hydroxylation is 1. The van der Waals surface area contributed by atoms with Crippen LogP contribution in [-0.4, -0.2) is 30.8 Å². The molecule has 7 heteroatoms. The molecular weight excluding hydrogens is 412 g/mol. The fourth-order valence-electron chi connectivity index (χ4n) is 3.09. The topological polar surface area (TPSA) is 76.7 Å². The predicted molar refractivity (Wildman–Crippen MR) is 122 cm³/mol. The molecule has 0 aromatic heterocycles. The summed E-state index contributed by atoms with van der Waals surface area (Å²) in [7, 11) is 0. The van der Waals surface area contributed by atoms with Gasteiger partial charge in [0, 0.05) is 27.9 Å². The van der Waals surface area contributed by atoms with Crippen molar-refractivity contribution in [1.29, 1.82) is 0 Å². The number of nitrogens with one attached hydrogen (secondary N) is 2. The van der Waals surface area contributed by atoms with Gasteiger partial charge in [0.05, 0.1) is 5.75 Å². The summed E-state index contributed by atoms with van der Waals surface area (Å²) in [4.78, 5) is 25.6. The summed E-state index contributed by atoms with van der Waals surface area (Å²) in [5.74, 6) is 1.33. The first kappa shape index (κ1) is 20.8. The van der Waals surface area contributed by atoms with Crippen LogP contribution in [0.25, 0.3) is 0 Å². The average molecular weight is 435 g/mol. The molecule has 2 amide bonds. The molecule has 0 unspecified atom stereocenters. The Kier molecular flexibility index (Phi) is 6.43. The first-order valence-corrected chi connectivity index (χ1v) is 10.9. The lowest BCUT2D eigenvalue weighted by Gasteiger charge is -2.19. The van der Waals surface area contributed by atoms with Crippen LogP contribution in [0, 0.1) is 6.92 Å². The molecule has 3 aromatic rings. The molecule has 0 aliphatic carbocycles. The Bertz CT molecular complexity index is 1100. The van der Waals surface area contributed by atoms with Crippen LogP contribution >= 0.6 is 11.8 Å². The zero-order valence-corrected chi connectivity index (χ0v) is 17.8. The Balaban J connectivity index is 1.28. The van der Waals surface area contributed by atoms with Crippen molar-refractivity contribution < 1.29 is 19.1 Å². The Morgan fingerprint density at radius 3 is 2.39 bits per heavy atom. The molecule has 6 nitrogen and oxygen atoms in total. The van der Waals surface area contributed by atoms with Crippen molar-refractivity contribution in [3.8, 4) is 11.5 Å². The molecule has 1 heterocycles. The fourth-order valence-corrected chi connectivity index (χ4v) is 3.79. The van der Waals surface area contributed by atoms with Gasteiger partial charge in [-0.25, -0.2) is 0 Å². The Morgan fingerprint density at radius 1 is 0.871 bits per heavy atom. The van der Waals surface area contributed by atoms with Crippen molar-refractivity contribution in [1.82, 2.24) is 0 Å². The van der Waals surface area contributed by atoms with Gasteiger partial charge in [-0.15, -0.1) is 11.8 Å². The molecule has 0 saturated heterocycles. The maximum absolute atomic E-state index is 12.3. The number of hydrogen-bond donors (Lipinski definition) is 2. The van der Waals surface area contributed by atoms with Gasteiger partial charge in [-0.2, -0.15) is 0 Å². The summed E-state index contributed by atoms with van der Waals surface area (Å²) in [6.07, 6.45) is 0. The van der Waals surface area contributed by atoms with Crippen LogP contribution < -0.4 is 20.1 Å². The number of ether oxygens (including phenoxy) is 2. The SMILES string of the molecule is Cc1cccc(C(=O)Nc2ccc(SCC(=O)Nc3ccc4c(c3)OCCO4)cc2)c1. The monoisotopic (exact) mass is 434 g/mol. The van der Waals surface area contributed by atoms with E-state index in [2.05, 4.69) is 10.6 Å². The van der Waals surface area contributed by atoms with Crippen LogP contribution in [0.2, 0.25) is 0 Å². The summed E-state index contributed by atoms with van der Waals surface area (Å²) in [5, 5.41) is 5.76. The van der Waals surface area contributed by atoms with Crippen LogP contribution in [0.1, 0.15) is 15.9 Å². The first-order chi connectivity index (χ1) is 15.1. The number of amides is 2. The summed E-state index contributed by atoms with van der Waals surface area (Å²) in [6.45, 7) is 2.98. The third-order valence-electron chi connectivity index (χ3n) is 4.59. The Hall–Kier alpha value is -3.45.